The third-order valence-corrected chi connectivity index (χ3v) is 1.49. The first kappa shape index (κ1) is 6.78. The maximum absolute atomic E-state index is 10.7. The number of carbonyl (C=O) groups excluding carboxylic acids is 1. The molecular weight excluding hydrogens is 161 g/mol. The molecular formula is C5H3Cl2NO+. The predicted octanol–water partition coefficient (Wildman–Crippen LogP) is 0.663. The molecule has 0 aromatic heterocycles. The molecule has 0 aromatic carbocycles. The molecule has 0 fully saturated rings. The van der Waals surface area contributed by atoms with Gasteiger partial charge in [0.2, 0.25) is 12.0 Å². The van der Waals surface area contributed by atoms with Gasteiger partial charge in [0.05, 0.1) is 4.99 Å². The van der Waals surface area contributed by atoms with E-state index in [2.05, 4.69) is 4.99 Å². The van der Waals surface area contributed by atoms with Gasteiger partial charge in [-0.1, -0.05) is 11.6 Å². The Labute approximate surface area is 62.2 Å². The van der Waals surface area contributed by atoms with Crippen LogP contribution in [0, 0.1) is 0 Å². The molecule has 9 heavy (non-hydrogen) atoms. The van der Waals surface area contributed by atoms with Crippen molar-refractivity contribution in [3.05, 3.63) is 11.2 Å². The molecule has 2 nitrogen and oxygen atoms in total. The molecule has 0 aromatic rings. The summed E-state index contributed by atoms with van der Waals surface area (Å²) < 4.78 is 0. The van der Waals surface area contributed by atoms with E-state index >= 15 is 0 Å². The van der Waals surface area contributed by atoms with Crippen LogP contribution in [0.2, 0.25) is 0 Å². The van der Waals surface area contributed by atoms with E-state index in [4.69, 9.17) is 23.2 Å². The third kappa shape index (κ3) is 1.32. The summed E-state index contributed by atoms with van der Waals surface area (Å²) in [6.07, 6.45) is 2.62. The maximum atomic E-state index is 10.7. The average Bonchev–Trinajstić information content (AvgIpc) is 1.83. The molecule has 0 spiro atoms. The van der Waals surface area contributed by atoms with Crippen molar-refractivity contribution in [2.75, 3.05) is 0 Å². The average molecular weight is 164 g/mol. The number of nitrogens with zero attached hydrogens (tertiary/aromatic N) is 1. The quantitative estimate of drug-likeness (QED) is 0.484. The van der Waals surface area contributed by atoms with E-state index < -0.39 is 5.38 Å². The topological polar surface area (TPSA) is 31.2 Å². The van der Waals surface area contributed by atoms with Crippen molar-refractivity contribution in [2.45, 2.75) is 5.38 Å². The smallest absolute Gasteiger partial charge is 0.264 e. The van der Waals surface area contributed by atoms with Crippen LogP contribution in [-0.2, 0) is 4.79 Å². The number of hydrogen-bond donors (Lipinski definition) is 0. The lowest BCUT2D eigenvalue weighted by Gasteiger charge is -1.95. The van der Waals surface area contributed by atoms with Gasteiger partial charge in [-0.2, -0.15) is 0 Å². The minimum atomic E-state index is -0.678. The van der Waals surface area contributed by atoms with Crippen LogP contribution < -0.4 is 4.99 Å². The molecule has 47 valence electrons. The fraction of sp³-hybridized carbons (Fsp3) is 0.200. The predicted molar refractivity (Wildman–Crippen MR) is 36.8 cm³/mol. The van der Waals surface area contributed by atoms with Crippen LogP contribution in [-0.4, -0.2) is 17.4 Å². The second-order valence-electron chi connectivity index (χ2n) is 1.54. The van der Waals surface area contributed by atoms with Crippen molar-refractivity contribution < 1.29 is 4.79 Å². The fourth-order valence-electron chi connectivity index (χ4n) is 0.447. The highest BCUT2D eigenvalue weighted by atomic mass is 35.5. The zero-order valence-corrected chi connectivity index (χ0v) is 5.86. The summed E-state index contributed by atoms with van der Waals surface area (Å²) in [5, 5.41) is -0.583. The van der Waals surface area contributed by atoms with Crippen LogP contribution in [0.3, 0.4) is 0 Å². The molecule has 1 atom stereocenters. The van der Waals surface area contributed by atoms with Gasteiger partial charge in [-0.25, -0.2) is 0 Å². The van der Waals surface area contributed by atoms with Gasteiger partial charge >= 0.3 is 0 Å². The summed E-state index contributed by atoms with van der Waals surface area (Å²) in [6.45, 7) is 0. The summed E-state index contributed by atoms with van der Waals surface area (Å²) in [5.74, 6) is -0.284. The van der Waals surface area contributed by atoms with Gasteiger partial charge in [-0.3, -0.25) is 4.79 Å². The molecule has 0 N–H and O–H groups in total. The Hall–Kier alpha value is -0.340. The monoisotopic (exact) mass is 163 g/mol. The molecule has 1 aliphatic heterocycles. The third-order valence-electron chi connectivity index (χ3n) is 0.891. The number of alkyl halides is 1. The molecule has 1 aliphatic rings. The number of rotatable bonds is 0. The molecule has 1 rings (SSSR count). The summed E-state index contributed by atoms with van der Waals surface area (Å²) in [4.78, 5) is 14.3. The van der Waals surface area contributed by atoms with Gasteiger partial charge in [0.15, 0.2) is 10.4 Å². The van der Waals surface area contributed by atoms with Crippen LogP contribution >= 0.6 is 23.2 Å². The Bertz CT molecular complexity index is 197. The maximum Gasteiger partial charge on any atom is 0.264 e. The largest absolute Gasteiger partial charge is 0.291 e. The fourth-order valence-corrected chi connectivity index (χ4v) is 0.859. The Morgan fingerprint density at radius 2 is 2.33 bits per heavy atom. The van der Waals surface area contributed by atoms with E-state index in [1.54, 1.807) is 0 Å². The van der Waals surface area contributed by atoms with Crippen LogP contribution in [0.25, 0.3) is 0 Å². The molecule has 0 saturated heterocycles. The van der Waals surface area contributed by atoms with E-state index in [0.717, 1.165) is 0 Å². The zero-order valence-electron chi connectivity index (χ0n) is 4.34. The summed E-state index contributed by atoms with van der Waals surface area (Å²) >= 11 is 10.8. The highest BCUT2D eigenvalue weighted by molar-refractivity contribution is 6.52. The number of allylic oxidation sites excluding steroid dienone is 1. The highest BCUT2D eigenvalue weighted by Gasteiger charge is 2.25. The zero-order chi connectivity index (χ0) is 6.85. The number of ketones is 1. The van der Waals surface area contributed by atoms with Crippen LogP contribution in [0.4, 0.5) is 0 Å². The van der Waals surface area contributed by atoms with Crippen molar-refractivity contribution in [1.82, 2.24) is 4.99 Å². The highest BCUT2D eigenvalue weighted by Crippen LogP contribution is 2.10. The Balaban J connectivity index is 2.86. The lowest BCUT2D eigenvalue weighted by Crippen LogP contribution is -2.21. The minimum absolute atomic E-state index is 0.0949. The summed E-state index contributed by atoms with van der Waals surface area (Å²) in [6, 6.07) is 0. The Morgan fingerprint density at radius 1 is 1.67 bits per heavy atom. The number of hydrogen-bond acceptors (Lipinski definition) is 2. The van der Waals surface area contributed by atoms with Crippen molar-refractivity contribution in [3.63, 3.8) is 0 Å². The van der Waals surface area contributed by atoms with Crippen molar-refractivity contribution in [2.24, 2.45) is 0 Å². The van der Waals surface area contributed by atoms with Gasteiger partial charge in [0, 0.05) is 0 Å². The van der Waals surface area contributed by atoms with E-state index in [1.165, 1.54) is 12.4 Å². The molecule has 0 amide bonds. The van der Waals surface area contributed by atoms with Crippen LogP contribution in [0.15, 0.2) is 11.2 Å². The number of Topliss-reactive ketones (excluding diaryl/α,β-unsaturated/α-hetero) is 1. The molecule has 4 heteroatoms. The second-order valence-corrected chi connectivity index (χ2v) is 2.42. The van der Waals surface area contributed by atoms with Gasteiger partial charge < -0.3 is 0 Å². The first-order valence-electron chi connectivity index (χ1n) is 2.29. The Kier molecular flexibility index (Phi) is 1.88. The van der Waals surface area contributed by atoms with Crippen LogP contribution in [0.5, 0.6) is 0 Å². The van der Waals surface area contributed by atoms with E-state index in [-0.39, 0.29) is 10.8 Å². The first-order valence-corrected chi connectivity index (χ1v) is 3.10. The molecule has 1 heterocycles. The van der Waals surface area contributed by atoms with Gasteiger partial charge in [-0.05, 0) is 0 Å². The summed E-state index contributed by atoms with van der Waals surface area (Å²) in [5.41, 5.74) is 0. The van der Waals surface area contributed by atoms with E-state index in [9.17, 15) is 4.79 Å². The molecule has 1 radical (unpaired) electrons. The molecule has 1 unspecified atom stereocenters. The standard InChI is InChI=1S/C5H3Cl2NO/c6-3-1-8-2-4(7)5(3)9/h1-3H/q+1. The van der Waals surface area contributed by atoms with Gasteiger partial charge in [0.1, 0.15) is 0 Å². The molecule has 0 bridgehead atoms. The molecule has 0 aliphatic carbocycles. The number of carbonyl (C=O) groups is 1. The minimum Gasteiger partial charge on any atom is -0.291 e. The van der Waals surface area contributed by atoms with Crippen molar-refractivity contribution >= 4 is 35.2 Å². The van der Waals surface area contributed by atoms with Gasteiger partial charge in [0.25, 0.3) is 6.20 Å². The lowest BCUT2D eigenvalue weighted by molar-refractivity contribution is -0.113. The second kappa shape index (κ2) is 2.50. The van der Waals surface area contributed by atoms with E-state index in [1.807, 2.05) is 0 Å². The summed E-state index contributed by atoms with van der Waals surface area (Å²) in [7, 11) is 0. The molecule has 0 saturated carbocycles. The SMILES string of the molecule is O=C1C(Cl)=C[N+]=CC1Cl. The normalized spacial score (nSPS) is 26.2. The number of aliphatic imine (C=N–C) groups is 1. The van der Waals surface area contributed by atoms with E-state index in [0.29, 0.717) is 0 Å². The lowest BCUT2D eigenvalue weighted by atomic mass is 10.2. The van der Waals surface area contributed by atoms with Gasteiger partial charge in [-0.15, -0.1) is 11.6 Å². The Morgan fingerprint density at radius 3 is 2.78 bits per heavy atom. The first-order chi connectivity index (χ1) is 4.22. The number of halogens is 2. The van der Waals surface area contributed by atoms with Crippen molar-refractivity contribution in [1.29, 1.82) is 0 Å². The van der Waals surface area contributed by atoms with Crippen LogP contribution in [0.1, 0.15) is 0 Å². The van der Waals surface area contributed by atoms with Crippen molar-refractivity contribution in [3.8, 4) is 0 Å².